The Hall–Kier alpha value is -3.10. The molecule has 9 heteroatoms. The smallest absolute Gasteiger partial charge is 0.325 e. The summed E-state index contributed by atoms with van der Waals surface area (Å²) in [6.45, 7) is 2.05. The summed E-state index contributed by atoms with van der Waals surface area (Å²) >= 11 is 0. The van der Waals surface area contributed by atoms with E-state index in [1.165, 1.54) is 22.2 Å². The van der Waals surface area contributed by atoms with E-state index in [4.69, 9.17) is 0 Å². The average molecular weight is 344 g/mol. The summed E-state index contributed by atoms with van der Waals surface area (Å²) in [6, 6.07) is 3.27. The minimum atomic E-state index is -0.442. The molecule has 0 aliphatic carbocycles. The predicted molar refractivity (Wildman–Crippen MR) is 93.9 cm³/mol. The fourth-order valence-electron chi connectivity index (χ4n) is 2.96. The zero-order valence-electron chi connectivity index (χ0n) is 14.6. The quantitative estimate of drug-likeness (QED) is 0.719. The number of carbonyl (C=O) groups is 1. The summed E-state index contributed by atoms with van der Waals surface area (Å²) < 4.78 is 3.91. The number of rotatable bonds is 4. The van der Waals surface area contributed by atoms with E-state index in [2.05, 4.69) is 22.4 Å². The molecule has 3 aromatic rings. The van der Waals surface area contributed by atoms with Crippen LogP contribution in [0.4, 0.5) is 5.82 Å². The van der Waals surface area contributed by atoms with E-state index in [0.29, 0.717) is 16.9 Å². The Morgan fingerprint density at radius 1 is 1.16 bits per heavy atom. The van der Waals surface area contributed by atoms with Crippen LogP contribution in [0.2, 0.25) is 0 Å². The first kappa shape index (κ1) is 16.7. The van der Waals surface area contributed by atoms with Crippen LogP contribution >= 0.6 is 0 Å². The highest BCUT2D eigenvalue weighted by atomic mass is 16.2. The van der Waals surface area contributed by atoms with E-state index in [9.17, 15) is 14.4 Å². The molecule has 0 atom stereocenters. The van der Waals surface area contributed by atoms with E-state index in [0.717, 1.165) is 23.1 Å². The van der Waals surface area contributed by atoms with Gasteiger partial charge in [-0.25, -0.2) is 4.79 Å². The Labute approximate surface area is 142 Å². The number of aryl methyl sites for hydroxylation is 3. The van der Waals surface area contributed by atoms with E-state index < -0.39 is 17.2 Å². The van der Waals surface area contributed by atoms with Crippen molar-refractivity contribution in [3.63, 3.8) is 0 Å². The second-order valence-corrected chi connectivity index (χ2v) is 6.01. The Morgan fingerprint density at radius 3 is 2.56 bits per heavy atom. The van der Waals surface area contributed by atoms with Gasteiger partial charge >= 0.3 is 5.69 Å². The first-order chi connectivity index (χ1) is 11.8. The Morgan fingerprint density at radius 2 is 1.88 bits per heavy atom. The Bertz CT molecular complexity index is 1080. The third-order valence-electron chi connectivity index (χ3n) is 4.25. The van der Waals surface area contributed by atoms with Crippen molar-refractivity contribution in [3.05, 3.63) is 44.4 Å². The van der Waals surface area contributed by atoms with Crippen LogP contribution in [0, 0.1) is 0 Å². The highest BCUT2D eigenvalue weighted by Gasteiger charge is 2.19. The lowest BCUT2D eigenvalue weighted by atomic mass is 10.2. The van der Waals surface area contributed by atoms with Gasteiger partial charge in [-0.2, -0.15) is 5.10 Å². The van der Waals surface area contributed by atoms with Crippen LogP contribution < -0.4 is 16.6 Å². The molecule has 0 radical (unpaired) electrons. The topological polar surface area (TPSA) is 107 Å². The number of carbonyl (C=O) groups excluding carboxylic acids is 1. The lowest BCUT2D eigenvalue weighted by Gasteiger charge is -2.07. The average Bonchev–Trinajstić information content (AvgIpc) is 3.15. The molecular formula is C16H20N6O3. The molecule has 3 heterocycles. The lowest BCUT2D eigenvalue weighted by molar-refractivity contribution is 0.101. The first-order valence-corrected chi connectivity index (χ1v) is 7.96. The van der Waals surface area contributed by atoms with Gasteiger partial charge in [-0.3, -0.25) is 23.8 Å². The number of hydrogen-bond donors (Lipinski definition) is 2. The predicted octanol–water partition coefficient (Wildman–Crippen LogP) is 0.504. The van der Waals surface area contributed by atoms with E-state index in [1.807, 2.05) is 0 Å². The second kappa shape index (κ2) is 6.08. The number of fused-ring (bicyclic) bond motifs is 1. The van der Waals surface area contributed by atoms with Crippen LogP contribution in [0.3, 0.4) is 0 Å². The highest BCUT2D eigenvalue weighted by molar-refractivity contribution is 6.05. The van der Waals surface area contributed by atoms with Gasteiger partial charge in [0, 0.05) is 32.9 Å². The number of aromatic nitrogens is 5. The molecule has 9 nitrogen and oxygen atoms in total. The van der Waals surface area contributed by atoms with Gasteiger partial charge in [-0.05, 0) is 12.5 Å². The van der Waals surface area contributed by atoms with Gasteiger partial charge < -0.3 is 9.88 Å². The number of hydrogen-bond acceptors (Lipinski definition) is 4. The molecule has 0 fully saturated rings. The SMILES string of the molecule is CCCc1cc(NC(=O)c2cc3c(=O)n(C)c(=O)n(C)c3n2C)n[nH]1. The van der Waals surface area contributed by atoms with Gasteiger partial charge in [-0.15, -0.1) is 0 Å². The Kier molecular flexibility index (Phi) is 4.07. The number of nitrogens with one attached hydrogen (secondary N) is 2. The minimum Gasteiger partial charge on any atom is -0.325 e. The van der Waals surface area contributed by atoms with Crippen LogP contribution in [0.1, 0.15) is 29.5 Å². The molecule has 3 rings (SSSR count). The number of amides is 1. The third-order valence-corrected chi connectivity index (χ3v) is 4.25. The molecule has 25 heavy (non-hydrogen) atoms. The van der Waals surface area contributed by atoms with Crippen LogP contribution in [-0.2, 0) is 27.6 Å². The largest absolute Gasteiger partial charge is 0.332 e. The lowest BCUT2D eigenvalue weighted by Crippen LogP contribution is -2.37. The molecule has 0 aliphatic rings. The molecule has 0 spiro atoms. The van der Waals surface area contributed by atoms with E-state index in [-0.39, 0.29) is 5.69 Å². The number of nitrogens with zero attached hydrogens (tertiary/aromatic N) is 4. The van der Waals surface area contributed by atoms with Gasteiger partial charge in [-0.1, -0.05) is 13.3 Å². The molecule has 0 aromatic carbocycles. The number of anilines is 1. The van der Waals surface area contributed by atoms with Gasteiger partial charge in [0.05, 0.1) is 5.39 Å². The molecular weight excluding hydrogens is 324 g/mol. The molecule has 0 saturated heterocycles. The van der Waals surface area contributed by atoms with Crippen molar-refractivity contribution in [2.24, 2.45) is 21.1 Å². The zero-order valence-corrected chi connectivity index (χ0v) is 14.6. The fourth-order valence-corrected chi connectivity index (χ4v) is 2.96. The van der Waals surface area contributed by atoms with Crippen molar-refractivity contribution >= 4 is 22.8 Å². The van der Waals surface area contributed by atoms with Crippen molar-refractivity contribution in [2.45, 2.75) is 19.8 Å². The minimum absolute atomic E-state index is 0.272. The normalized spacial score (nSPS) is 11.2. The van der Waals surface area contributed by atoms with E-state index >= 15 is 0 Å². The van der Waals surface area contributed by atoms with Gasteiger partial charge in [0.2, 0.25) is 0 Å². The van der Waals surface area contributed by atoms with Crippen LogP contribution in [0.5, 0.6) is 0 Å². The summed E-state index contributed by atoms with van der Waals surface area (Å²) in [7, 11) is 4.62. The third kappa shape index (κ3) is 2.67. The fraction of sp³-hybridized carbons (Fsp3) is 0.375. The standard InChI is InChI=1S/C16H20N6O3/c1-5-6-9-7-12(19-18-9)17-13(23)11-8-10-14(20(11)2)21(3)16(25)22(4)15(10)24/h7-8H,5-6H2,1-4H3,(H2,17,18,19,23). The van der Waals surface area contributed by atoms with Crippen LogP contribution in [0.25, 0.3) is 11.0 Å². The highest BCUT2D eigenvalue weighted by Crippen LogP contribution is 2.16. The summed E-state index contributed by atoms with van der Waals surface area (Å²) in [5, 5.41) is 9.95. The van der Waals surface area contributed by atoms with Gasteiger partial charge in [0.25, 0.3) is 11.5 Å². The maximum atomic E-state index is 12.6. The van der Waals surface area contributed by atoms with Gasteiger partial charge in [0.1, 0.15) is 11.3 Å². The Balaban J connectivity index is 2.03. The molecule has 3 aromatic heterocycles. The molecule has 0 bridgehead atoms. The molecule has 0 aliphatic heterocycles. The summed E-state index contributed by atoms with van der Waals surface area (Å²) in [5.41, 5.74) is 0.728. The molecule has 2 N–H and O–H groups in total. The first-order valence-electron chi connectivity index (χ1n) is 7.96. The zero-order chi connectivity index (χ0) is 18.3. The van der Waals surface area contributed by atoms with Crippen molar-refractivity contribution in [3.8, 4) is 0 Å². The molecule has 132 valence electrons. The van der Waals surface area contributed by atoms with Gasteiger partial charge in [0.15, 0.2) is 5.82 Å². The maximum absolute atomic E-state index is 12.6. The van der Waals surface area contributed by atoms with Crippen molar-refractivity contribution in [1.82, 2.24) is 23.9 Å². The van der Waals surface area contributed by atoms with Crippen molar-refractivity contribution in [1.29, 1.82) is 0 Å². The van der Waals surface area contributed by atoms with Crippen LogP contribution in [-0.4, -0.2) is 29.8 Å². The van der Waals surface area contributed by atoms with Crippen molar-refractivity contribution < 1.29 is 4.79 Å². The summed E-state index contributed by atoms with van der Waals surface area (Å²) in [6.07, 6.45) is 1.81. The second-order valence-electron chi connectivity index (χ2n) is 6.01. The van der Waals surface area contributed by atoms with Crippen molar-refractivity contribution in [2.75, 3.05) is 5.32 Å². The summed E-state index contributed by atoms with van der Waals surface area (Å²) in [5.74, 6) is 0.0169. The molecule has 0 saturated carbocycles. The summed E-state index contributed by atoms with van der Waals surface area (Å²) in [4.78, 5) is 37.0. The number of aromatic amines is 1. The van der Waals surface area contributed by atoms with Crippen LogP contribution in [0.15, 0.2) is 21.7 Å². The van der Waals surface area contributed by atoms with E-state index in [1.54, 1.807) is 20.2 Å². The molecule has 0 unspecified atom stereocenters. The monoisotopic (exact) mass is 344 g/mol. The maximum Gasteiger partial charge on any atom is 0.332 e. The number of H-pyrrole nitrogens is 1. The molecule has 1 amide bonds.